The van der Waals surface area contributed by atoms with E-state index < -0.39 is 18.4 Å². The molecule has 2 aromatic heterocycles. The third kappa shape index (κ3) is 4.48. The molecule has 2 aromatic rings. The van der Waals surface area contributed by atoms with E-state index in [1.165, 1.54) is 10.5 Å². The number of aryl methyl sites for hydroxylation is 1. The van der Waals surface area contributed by atoms with Crippen molar-refractivity contribution in [3.05, 3.63) is 44.7 Å². The number of rotatable bonds is 6. The van der Waals surface area contributed by atoms with Crippen molar-refractivity contribution in [3.8, 4) is 0 Å². The highest BCUT2D eigenvalue weighted by Crippen LogP contribution is 2.32. The van der Waals surface area contributed by atoms with E-state index in [0.717, 1.165) is 22.2 Å². The number of nitrogens with zero attached hydrogens (tertiary/aromatic N) is 3. The molecule has 8 nitrogen and oxygen atoms in total. The van der Waals surface area contributed by atoms with E-state index in [-0.39, 0.29) is 20.3 Å². The van der Waals surface area contributed by atoms with Gasteiger partial charge in [0.25, 0.3) is 11.5 Å². The van der Waals surface area contributed by atoms with E-state index in [4.69, 9.17) is 17.3 Å². The molecule has 0 radical (unpaired) electrons. The largest absolute Gasteiger partial charge is 0.480 e. The van der Waals surface area contributed by atoms with Crippen molar-refractivity contribution in [1.82, 2.24) is 14.3 Å². The van der Waals surface area contributed by atoms with Gasteiger partial charge in [0.05, 0.1) is 10.5 Å². The predicted molar refractivity (Wildman–Crippen MR) is 117 cm³/mol. The van der Waals surface area contributed by atoms with Gasteiger partial charge in [-0.25, -0.2) is 4.98 Å². The highest BCUT2D eigenvalue weighted by Gasteiger charge is 2.34. The summed E-state index contributed by atoms with van der Waals surface area (Å²) >= 11 is 6.09. The maximum Gasteiger partial charge on any atom is 0.323 e. The molecule has 0 spiro atoms. The average molecular weight is 433 g/mol. The van der Waals surface area contributed by atoms with Gasteiger partial charge in [0.15, 0.2) is 0 Å². The van der Waals surface area contributed by atoms with Crippen LogP contribution in [0.3, 0.4) is 0 Å². The van der Waals surface area contributed by atoms with Gasteiger partial charge < -0.3 is 10.4 Å². The average Bonchev–Trinajstić information content (AvgIpc) is 2.90. The minimum Gasteiger partial charge on any atom is -0.480 e. The maximum absolute atomic E-state index is 13.2. The Labute approximate surface area is 176 Å². The van der Waals surface area contributed by atoms with Crippen molar-refractivity contribution < 1.29 is 14.7 Å². The van der Waals surface area contributed by atoms with Gasteiger partial charge in [0.1, 0.15) is 22.3 Å². The molecule has 0 aliphatic carbocycles. The van der Waals surface area contributed by atoms with Gasteiger partial charge in [-0.15, -0.1) is 0 Å². The first-order valence-corrected chi connectivity index (χ1v) is 10.1. The van der Waals surface area contributed by atoms with Crippen LogP contribution in [0.5, 0.6) is 0 Å². The Kier molecular flexibility index (Phi) is 6.04. The number of thiocarbonyl (C=S) groups is 1. The number of thioether (sulfide) groups is 1. The number of nitrogens with one attached hydrogen (secondary N) is 1. The number of amides is 1. The van der Waals surface area contributed by atoms with Crippen LogP contribution in [0.2, 0.25) is 0 Å². The third-order valence-electron chi connectivity index (χ3n) is 4.13. The summed E-state index contributed by atoms with van der Waals surface area (Å²) in [6.45, 7) is 6.00. The fourth-order valence-corrected chi connectivity index (χ4v) is 3.96. The van der Waals surface area contributed by atoms with Crippen LogP contribution in [0.1, 0.15) is 25.0 Å². The summed E-state index contributed by atoms with van der Waals surface area (Å²) in [5, 5.41) is 12.2. The van der Waals surface area contributed by atoms with Crippen molar-refractivity contribution in [2.24, 2.45) is 5.92 Å². The first-order chi connectivity index (χ1) is 13.7. The number of aromatic nitrogens is 2. The number of hydrogen-bond donors (Lipinski definition) is 2. The van der Waals surface area contributed by atoms with E-state index in [1.54, 1.807) is 12.3 Å². The Bertz CT molecular complexity index is 1110. The molecule has 0 saturated carbocycles. The second-order valence-corrected chi connectivity index (χ2v) is 8.73. The van der Waals surface area contributed by atoms with Gasteiger partial charge in [-0.3, -0.25) is 23.7 Å². The fraction of sp³-hybridized carbons (Fsp3) is 0.316. The Hall–Kier alpha value is -2.72. The van der Waals surface area contributed by atoms with Crippen LogP contribution in [0, 0.1) is 12.8 Å². The van der Waals surface area contributed by atoms with Crippen molar-refractivity contribution in [1.29, 1.82) is 0 Å². The number of carbonyl (C=O) groups excluding carboxylic acids is 1. The van der Waals surface area contributed by atoms with Gasteiger partial charge >= 0.3 is 5.97 Å². The molecule has 2 N–H and O–H groups in total. The zero-order chi connectivity index (χ0) is 21.3. The second-order valence-electron chi connectivity index (χ2n) is 7.05. The number of carboxylic acids is 1. The van der Waals surface area contributed by atoms with Crippen LogP contribution in [0.15, 0.2) is 28.0 Å². The molecular weight excluding hydrogens is 412 g/mol. The van der Waals surface area contributed by atoms with E-state index >= 15 is 0 Å². The third-order valence-corrected chi connectivity index (χ3v) is 5.50. The van der Waals surface area contributed by atoms with Gasteiger partial charge in [0, 0.05) is 12.7 Å². The van der Waals surface area contributed by atoms with Crippen LogP contribution >= 0.6 is 24.0 Å². The quantitative estimate of drug-likeness (QED) is 0.530. The molecule has 3 heterocycles. The maximum atomic E-state index is 13.2. The molecule has 152 valence electrons. The highest BCUT2D eigenvalue weighted by molar-refractivity contribution is 8.26. The minimum absolute atomic E-state index is 0.144. The molecule has 1 saturated heterocycles. The van der Waals surface area contributed by atoms with Gasteiger partial charge in [0.2, 0.25) is 0 Å². The summed E-state index contributed by atoms with van der Waals surface area (Å²) in [6, 6.07) is 3.62. The van der Waals surface area contributed by atoms with Crippen LogP contribution in [-0.2, 0) is 9.59 Å². The number of aliphatic carboxylic acids is 1. The first kappa shape index (κ1) is 21.0. The summed E-state index contributed by atoms with van der Waals surface area (Å²) in [4.78, 5) is 42.5. The summed E-state index contributed by atoms with van der Waals surface area (Å²) in [5.74, 6) is -1.01. The molecule has 0 atom stereocenters. The van der Waals surface area contributed by atoms with Crippen molar-refractivity contribution >= 4 is 57.7 Å². The SMILES string of the molecule is Cc1ccc2nc(NCC(C)C)c(/C=C3/SC(=S)N(CC(=O)O)C3=O)c(=O)n2c1. The second kappa shape index (κ2) is 8.34. The van der Waals surface area contributed by atoms with Gasteiger partial charge in [-0.1, -0.05) is 43.9 Å². The first-order valence-electron chi connectivity index (χ1n) is 8.91. The molecule has 1 aliphatic heterocycles. The van der Waals surface area contributed by atoms with Gasteiger partial charge in [-0.05, 0) is 30.5 Å². The van der Waals surface area contributed by atoms with E-state index in [2.05, 4.69) is 10.3 Å². The van der Waals surface area contributed by atoms with E-state index in [1.807, 2.05) is 26.8 Å². The van der Waals surface area contributed by atoms with Crippen LogP contribution in [-0.4, -0.2) is 48.7 Å². The smallest absolute Gasteiger partial charge is 0.323 e. The zero-order valence-electron chi connectivity index (χ0n) is 16.1. The zero-order valence-corrected chi connectivity index (χ0v) is 17.8. The normalized spacial score (nSPS) is 15.7. The lowest BCUT2D eigenvalue weighted by atomic mass is 10.2. The Morgan fingerprint density at radius 3 is 2.76 bits per heavy atom. The molecule has 3 rings (SSSR count). The lowest BCUT2D eigenvalue weighted by Gasteiger charge is -2.13. The number of hydrogen-bond acceptors (Lipinski definition) is 7. The summed E-state index contributed by atoms with van der Waals surface area (Å²) in [6.07, 6.45) is 3.12. The van der Waals surface area contributed by atoms with Crippen molar-refractivity contribution in [3.63, 3.8) is 0 Å². The number of pyridine rings is 1. The van der Waals surface area contributed by atoms with Crippen molar-refractivity contribution in [2.45, 2.75) is 20.8 Å². The van der Waals surface area contributed by atoms with Crippen LogP contribution in [0.4, 0.5) is 5.82 Å². The summed E-state index contributed by atoms with van der Waals surface area (Å²) < 4.78 is 1.57. The molecule has 0 unspecified atom stereocenters. The van der Waals surface area contributed by atoms with Crippen LogP contribution < -0.4 is 10.9 Å². The van der Waals surface area contributed by atoms with Crippen molar-refractivity contribution in [2.75, 3.05) is 18.4 Å². The highest BCUT2D eigenvalue weighted by atomic mass is 32.2. The summed E-state index contributed by atoms with van der Waals surface area (Å²) in [7, 11) is 0. The number of carbonyl (C=O) groups is 2. The number of fused-ring (bicyclic) bond motifs is 1. The predicted octanol–water partition coefficient (Wildman–Crippen LogP) is 2.36. The lowest BCUT2D eigenvalue weighted by Crippen LogP contribution is -2.33. The number of carboxylic acid groups (broad SMARTS) is 1. The molecule has 0 aromatic carbocycles. The lowest BCUT2D eigenvalue weighted by molar-refractivity contribution is -0.140. The number of anilines is 1. The van der Waals surface area contributed by atoms with Crippen LogP contribution in [0.25, 0.3) is 11.7 Å². The van der Waals surface area contributed by atoms with E-state index in [0.29, 0.717) is 23.9 Å². The van der Waals surface area contributed by atoms with E-state index in [9.17, 15) is 14.4 Å². The Morgan fingerprint density at radius 1 is 1.38 bits per heavy atom. The summed E-state index contributed by atoms with van der Waals surface area (Å²) in [5.41, 5.74) is 1.28. The molecule has 29 heavy (non-hydrogen) atoms. The van der Waals surface area contributed by atoms with Gasteiger partial charge in [-0.2, -0.15) is 0 Å². The molecule has 10 heteroatoms. The fourth-order valence-electron chi connectivity index (χ4n) is 2.73. The molecule has 1 fully saturated rings. The Balaban J connectivity index is 2.12. The monoisotopic (exact) mass is 432 g/mol. The molecular formula is C19H20N4O4S2. The Morgan fingerprint density at radius 2 is 2.10 bits per heavy atom. The molecule has 1 aliphatic rings. The standard InChI is InChI=1S/C19H20N4O4S2/c1-10(2)7-20-16-12(17(26)22-8-11(3)4-5-14(22)21-16)6-13-18(27)23(9-15(24)25)19(28)29-13/h4-6,8,10,20H,7,9H2,1-3H3,(H,24,25)/b13-6+. The topological polar surface area (TPSA) is 104 Å². The molecule has 0 bridgehead atoms. The molecule has 1 amide bonds. The minimum atomic E-state index is -1.16.